The maximum Gasteiger partial charge on any atom is 0.243 e. The molecule has 1 heterocycles. The Morgan fingerprint density at radius 2 is 1.84 bits per heavy atom. The van der Waals surface area contributed by atoms with Gasteiger partial charge in [-0.25, -0.2) is 8.42 Å². The second-order valence-electron chi connectivity index (χ2n) is 8.14. The van der Waals surface area contributed by atoms with Crippen LogP contribution in [-0.2, 0) is 25.0 Å². The van der Waals surface area contributed by atoms with Crippen molar-refractivity contribution in [1.29, 1.82) is 0 Å². The van der Waals surface area contributed by atoms with Gasteiger partial charge in [-0.3, -0.25) is 9.10 Å². The lowest BCUT2D eigenvalue weighted by Crippen LogP contribution is -2.52. The zero-order chi connectivity index (χ0) is 22.6. The molecule has 8 heteroatoms. The number of benzene rings is 2. The van der Waals surface area contributed by atoms with Crippen LogP contribution in [-0.4, -0.2) is 46.4 Å². The van der Waals surface area contributed by atoms with Crippen molar-refractivity contribution >= 4 is 33.2 Å². The number of hydrogen-bond donors (Lipinski definition) is 1. The van der Waals surface area contributed by atoms with E-state index in [0.29, 0.717) is 30.5 Å². The highest BCUT2D eigenvalue weighted by atomic mass is 35.5. The number of halogens is 1. The van der Waals surface area contributed by atoms with E-state index in [1.165, 1.54) is 0 Å². The summed E-state index contributed by atoms with van der Waals surface area (Å²) in [5, 5.41) is 3.42. The highest BCUT2D eigenvalue weighted by Crippen LogP contribution is 2.34. The standard InChI is InChI=1S/C23H29ClN2O4S/c1-17-9-10-20(24)15-21(17)26(31(3,28)29)18(2)22(27)25-16-23(11-13-30-14-12-23)19-7-5-4-6-8-19/h4-10,15,18H,11-14,16H2,1-3H3,(H,25,27). The van der Waals surface area contributed by atoms with Crippen molar-refractivity contribution in [3.63, 3.8) is 0 Å². The van der Waals surface area contributed by atoms with Crippen molar-refractivity contribution in [1.82, 2.24) is 5.32 Å². The van der Waals surface area contributed by atoms with Crippen LogP contribution in [0.3, 0.4) is 0 Å². The number of hydrogen-bond acceptors (Lipinski definition) is 4. The second kappa shape index (κ2) is 9.59. The number of carbonyl (C=O) groups excluding carboxylic acids is 1. The van der Waals surface area contributed by atoms with Crippen LogP contribution in [0.1, 0.15) is 30.9 Å². The summed E-state index contributed by atoms with van der Waals surface area (Å²) in [6.07, 6.45) is 2.67. The third-order valence-electron chi connectivity index (χ3n) is 5.93. The summed E-state index contributed by atoms with van der Waals surface area (Å²) in [5.41, 5.74) is 2.04. The molecule has 1 unspecified atom stereocenters. The minimum Gasteiger partial charge on any atom is -0.381 e. The van der Waals surface area contributed by atoms with Crippen molar-refractivity contribution in [2.45, 2.75) is 38.1 Å². The topological polar surface area (TPSA) is 75.7 Å². The van der Waals surface area contributed by atoms with Gasteiger partial charge in [0.15, 0.2) is 0 Å². The zero-order valence-electron chi connectivity index (χ0n) is 18.1. The molecule has 2 aromatic carbocycles. The van der Waals surface area contributed by atoms with Crippen LogP contribution in [0.15, 0.2) is 48.5 Å². The summed E-state index contributed by atoms with van der Waals surface area (Å²) in [5.74, 6) is -0.355. The molecule has 1 amide bonds. The van der Waals surface area contributed by atoms with Gasteiger partial charge in [-0.15, -0.1) is 0 Å². The molecule has 1 atom stereocenters. The van der Waals surface area contributed by atoms with Gasteiger partial charge < -0.3 is 10.1 Å². The number of carbonyl (C=O) groups is 1. The van der Waals surface area contributed by atoms with Crippen LogP contribution in [0.2, 0.25) is 5.02 Å². The van der Waals surface area contributed by atoms with Crippen molar-refractivity contribution < 1.29 is 17.9 Å². The number of ether oxygens (including phenoxy) is 1. The van der Waals surface area contributed by atoms with E-state index in [2.05, 4.69) is 17.4 Å². The Hall–Kier alpha value is -2.09. The Bertz CT molecular complexity index is 1020. The normalized spacial score (nSPS) is 17.0. The smallest absolute Gasteiger partial charge is 0.243 e. The molecule has 0 aliphatic carbocycles. The molecule has 0 saturated carbocycles. The summed E-state index contributed by atoms with van der Waals surface area (Å²) in [6, 6.07) is 14.2. The number of anilines is 1. The summed E-state index contributed by atoms with van der Waals surface area (Å²) in [7, 11) is -3.72. The maximum absolute atomic E-state index is 13.1. The Morgan fingerprint density at radius 1 is 1.19 bits per heavy atom. The van der Waals surface area contributed by atoms with E-state index in [1.54, 1.807) is 32.0 Å². The largest absolute Gasteiger partial charge is 0.381 e. The van der Waals surface area contributed by atoms with Gasteiger partial charge in [-0.2, -0.15) is 0 Å². The summed E-state index contributed by atoms with van der Waals surface area (Å²) < 4.78 is 31.9. The monoisotopic (exact) mass is 464 g/mol. The first kappa shape index (κ1) is 23.6. The van der Waals surface area contributed by atoms with Crippen LogP contribution in [0.4, 0.5) is 5.69 Å². The summed E-state index contributed by atoms with van der Waals surface area (Å²) in [6.45, 7) is 5.04. The van der Waals surface area contributed by atoms with Crippen molar-refractivity contribution in [2.75, 3.05) is 30.3 Å². The van der Waals surface area contributed by atoms with Gasteiger partial charge in [0.1, 0.15) is 6.04 Å². The quantitative estimate of drug-likeness (QED) is 0.678. The van der Waals surface area contributed by atoms with Gasteiger partial charge in [0.2, 0.25) is 15.9 Å². The maximum atomic E-state index is 13.1. The molecule has 2 aromatic rings. The third-order valence-corrected chi connectivity index (χ3v) is 7.40. The Balaban J connectivity index is 1.84. The molecule has 168 valence electrons. The first-order chi connectivity index (χ1) is 14.6. The van der Waals surface area contributed by atoms with E-state index < -0.39 is 16.1 Å². The van der Waals surface area contributed by atoms with Crippen LogP contribution in [0.25, 0.3) is 0 Å². The molecule has 6 nitrogen and oxygen atoms in total. The molecular formula is C23H29ClN2O4S. The first-order valence-electron chi connectivity index (χ1n) is 10.3. The average Bonchev–Trinajstić information content (AvgIpc) is 2.75. The van der Waals surface area contributed by atoms with Crippen molar-refractivity contribution in [3.05, 3.63) is 64.7 Å². The number of aryl methyl sites for hydroxylation is 1. The lowest BCUT2D eigenvalue weighted by Gasteiger charge is -2.38. The van der Waals surface area contributed by atoms with Crippen LogP contribution in [0.5, 0.6) is 0 Å². The van der Waals surface area contributed by atoms with E-state index in [1.807, 2.05) is 18.2 Å². The van der Waals surface area contributed by atoms with E-state index >= 15 is 0 Å². The third kappa shape index (κ3) is 5.40. The van der Waals surface area contributed by atoms with E-state index in [4.69, 9.17) is 16.3 Å². The van der Waals surface area contributed by atoms with Crippen molar-refractivity contribution in [3.8, 4) is 0 Å². The minimum absolute atomic E-state index is 0.239. The van der Waals surface area contributed by atoms with E-state index in [0.717, 1.165) is 34.5 Å². The Kier molecular flexibility index (Phi) is 7.29. The molecule has 1 aliphatic rings. The predicted octanol–water partition coefficient (Wildman–Crippen LogP) is 3.67. The molecular weight excluding hydrogens is 436 g/mol. The van der Waals surface area contributed by atoms with Crippen LogP contribution in [0, 0.1) is 6.92 Å². The number of nitrogens with zero attached hydrogens (tertiary/aromatic N) is 1. The summed E-state index contributed by atoms with van der Waals surface area (Å²) >= 11 is 6.11. The number of amides is 1. The molecule has 0 spiro atoms. The molecule has 1 saturated heterocycles. The van der Waals surface area contributed by atoms with Gasteiger partial charge in [0, 0.05) is 30.2 Å². The van der Waals surface area contributed by atoms with Gasteiger partial charge >= 0.3 is 0 Å². The lowest BCUT2D eigenvalue weighted by molar-refractivity contribution is -0.122. The number of sulfonamides is 1. The zero-order valence-corrected chi connectivity index (χ0v) is 19.7. The minimum atomic E-state index is -3.72. The van der Waals surface area contributed by atoms with Gasteiger partial charge in [0.05, 0.1) is 11.9 Å². The fourth-order valence-electron chi connectivity index (χ4n) is 4.13. The molecule has 1 aliphatic heterocycles. The van der Waals surface area contributed by atoms with Gasteiger partial charge in [0.25, 0.3) is 0 Å². The molecule has 31 heavy (non-hydrogen) atoms. The Labute approximate surface area is 189 Å². The fourth-order valence-corrected chi connectivity index (χ4v) is 5.52. The second-order valence-corrected chi connectivity index (χ2v) is 10.4. The Morgan fingerprint density at radius 3 is 2.45 bits per heavy atom. The van der Waals surface area contributed by atoms with Crippen molar-refractivity contribution in [2.24, 2.45) is 0 Å². The molecule has 3 rings (SSSR count). The highest BCUT2D eigenvalue weighted by molar-refractivity contribution is 7.92. The molecule has 1 fully saturated rings. The van der Waals surface area contributed by atoms with E-state index in [9.17, 15) is 13.2 Å². The molecule has 0 radical (unpaired) electrons. The van der Waals surface area contributed by atoms with E-state index in [-0.39, 0.29) is 11.3 Å². The van der Waals surface area contributed by atoms with Gasteiger partial charge in [-0.05, 0) is 49.9 Å². The number of nitrogens with one attached hydrogen (secondary N) is 1. The highest BCUT2D eigenvalue weighted by Gasteiger charge is 2.36. The summed E-state index contributed by atoms with van der Waals surface area (Å²) in [4.78, 5) is 13.1. The van der Waals surface area contributed by atoms with Gasteiger partial charge in [-0.1, -0.05) is 48.0 Å². The fraction of sp³-hybridized carbons (Fsp3) is 0.435. The molecule has 1 N–H and O–H groups in total. The average molecular weight is 465 g/mol. The predicted molar refractivity (Wildman–Crippen MR) is 124 cm³/mol. The van der Waals surface area contributed by atoms with Crippen LogP contribution >= 0.6 is 11.6 Å². The first-order valence-corrected chi connectivity index (χ1v) is 12.5. The lowest BCUT2D eigenvalue weighted by atomic mass is 9.74. The molecule has 0 aromatic heterocycles. The van der Waals surface area contributed by atoms with Crippen LogP contribution < -0.4 is 9.62 Å². The number of rotatable bonds is 7. The SMILES string of the molecule is Cc1ccc(Cl)cc1N(C(C)C(=O)NCC1(c2ccccc2)CCOCC1)S(C)(=O)=O. The molecule has 0 bridgehead atoms.